The van der Waals surface area contributed by atoms with Gasteiger partial charge in [0.1, 0.15) is 0 Å². The Labute approximate surface area is 113 Å². The number of nitrogens with zero attached hydrogens (tertiary/aromatic N) is 1. The molecule has 0 unspecified atom stereocenters. The molecule has 1 aromatic rings. The van der Waals surface area contributed by atoms with Crippen LogP contribution in [-0.2, 0) is 27.3 Å². The topological polar surface area (TPSA) is 46.6 Å². The van der Waals surface area contributed by atoms with Gasteiger partial charge in [-0.3, -0.25) is 9.59 Å². The van der Waals surface area contributed by atoms with Crippen molar-refractivity contribution in [3.63, 3.8) is 0 Å². The van der Waals surface area contributed by atoms with Crippen molar-refractivity contribution in [3.05, 3.63) is 35.4 Å². The Balaban J connectivity index is 1.87. The molecule has 0 bridgehead atoms. The summed E-state index contributed by atoms with van der Waals surface area (Å²) in [7, 11) is 0. The molecule has 1 aromatic carbocycles. The third kappa shape index (κ3) is 3.56. The molecule has 0 saturated carbocycles. The monoisotopic (exact) mass is 261 g/mol. The average Bonchev–Trinajstić information content (AvgIpc) is 2.44. The molecule has 4 nitrogen and oxygen atoms in total. The lowest BCUT2D eigenvalue weighted by atomic mass is 9.99. The van der Waals surface area contributed by atoms with Gasteiger partial charge in [0.15, 0.2) is 0 Å². The Morgan fingerprint density at radius 3 is 2.68 bits per heavy atom. The van der Waals surface area contributed by atoms with Gasteiger partial charge in [0.2, 0.25) is 5.91 Å². The Hall–Kier alpha value is -1.84. The van der Waals surface area contributed by atoms with E-state index in [2.05, 4.69) is 12.1 Å². The van der Waals surface area contributed by atoms with Crippen molar-refractivity contribution in [2.45, 2.75) is 32.7 Å². The molecule has 0 aliphatic carbocycles. The van der Waals surface area contributed by atoms with Crippen molar-refractivity contribution in [1.29, 1.82) is 0 Å². The predicted octanol–water partition coefficient (Wildman–Crippen LogP) is 1.91. The third-order valence-electron chi connectivity index (χ3n) is 3.33. The van der Waals surface area contributed by atoms with Crippen LogP contribution < -0.4 is 0 Å². The fourth-order valence-corrected chi connectivity index (χ4v) is 2.31. The van der Waals surface area contributed by atoms with Gasteiger partial charge in [-0.2, -0.15) is 0 Å². The van der Waals surface area contributed by atoms with Gasteiger partial charge in [-0.25, -0.2) is 0 Å². The van der Waals surface area contributed by atoms with Crippen molar-refractivity contribution in [3.8, 4) is 0 Å². The quantitative estimate of drug-likeness (QED) is 0.778. The lowest BCUT2D eigenvalue weighted by Gasteiger charge is -2.28. The van der Waals surface area contributed by atoms with E-state index in [1.165, 1.54) is 11.1 Å². The Morgan fingerprint density at radius 1 is 1.21 bits per heavy atom. The molecule has 19 heavy (non-hydrogen) atoms. The summed E-state index contributed by atoms with van der Waals surface area (Å²) in [6.45, 7) is 3.52. The first-order chi connectivity index (χ1) is 9.20. The van der Waals surface area contributed by atoms with E-state index < -0.39 is 0 Å². The van der Waals surface area contributed by atoms with Gasteiger partial charge in [-0.1, -0.05) is 24.3 Å². The first-order valence-corrected chi connectivity index (χ1v) is 6.71. The number of ether oxygens (including phenoxy) is 1. The number of hydrogen-bond acceptors (Lipinski definition) is 3. The van der Waals surface area contributed by atoms with Crippen molar-refractivity contribution >= 4 is 11.9 Å². The SMILES string of the molecule is CCOC(=O)CCC(=O)N1CCc2ccccc2C1. The molecular weight excluding hydrogens is 242 g/mol. The highest BCUT2D eigenvalue weighted by atomic mass is 16.5. The minimum atomic E-state index is -0.298. The molecule has 0 saturated heterocycles. The van der Waals surface area contributed by atoms with E-state index in [4.69, 9.17) is 4.74 Å². The van der Waals surface area contributed by atoms with Crippen LogP contribution in [0.2, 0.25) is 0 Å². The zero-order chi connectivity index (χ0) is 13.7. The molecule has 0 atom stereocenters. The molecule has 102 valence electrons. The summed E-state index contributed by atoms with van der Waals surface area (Å²) in [5.41, 5.74) is 2.52. The van der Waals surface area contributed by atoms with Crippen molar-refractivity contribution in [2.75, 3.05) is 13.2 Å². The molecule has 2 rings (SSSR count). The minimum absolute atomic E-state index is 0.0301. The van der Waals surface area contributed by atoms with E-state index in [1.54, 1.807) is 6.92 Å². The van der Waals surface area contributed by atoms with Crippen LogP contribution in [0.4, 0.5) is 0 Å². The maximum atomic E-state index is 12.0. The second-order valence-corrected chi connectivity index (χ2v) is 4.64. The average molecular weight is 261 g/mol. The first-order valence-electron chi connectivity index (χ1n) is 6.71. The molecule has 0 aromatic heterocycles. The smallest absolute Gasteiger partial charge is 0.306 e. The fourth-order valence-electron chi connectivity index (χ4n) is 2.31. The number of benzene rings is 1. The number of carbonyl (C=O) groups is 2. The molecular formula is C15H19NO3. The highest BCUT2D eigenvalue weighted by Crippen LogP contribution is 2.19. The summed E-state index contributed by atoms with van der Waals surface area (Å²) in [6.07, 6.45) is 1.30. The first kappa shape index (κ1) is 13.6. The van der Waals surface area contributed by atoms with E-state index in [1.807, 2.05) is 17.0 Å². The van der Waals surface area contributed by atoms with Crippen molar-refractivity contribution in [1.82, 2.24) is 4.90 Å². The van der Waals surface area contributed by atoms with Gasteiger partial charge in [0.25, 0.3) is 0 Å². The number of esters is 1. The van der Waals surface area contributed by atoms with E-state index in [-0.39, 0.29) is 24.7 Å². The number of amides is 1. The Morgan fingerprint density at radius 2 is 1.95 bits per heavy atom. The summed E-state index contributed by atoms with van der Waals surface area (Å²) in [6, 6.07) is 8.18. The summed E-state index contributed by atoms with van der Waals surface area (Å²) >= 11 is 0. The molecule has 1 amide bonds. The maximum absolute atomic E-state index is 12.0. The zero-order valence-electron chi connectivity index (χ0n) is 11.2. The fraction of sp³-hybridized carbons (Fsp3) is 0.467. The molecule has 0 radical (unpaired) electrons. The van der Waals surface area contributed by atoms with Gasteiger partial charge < -0.3 is 9.64 Å². The molecule has 1 aliphatic heterocycles. The minimum Gasteiger partial charge on any atom is -0.466 e. The van der Waals surface area contributed by atoms with Gasteiger partial charge >= 0.3 is 5.97 Å². The number of carbonyl (C=O) groups excluding carboxylic acids is 2. The molecule has 0 fully saturated rings. The van der Waals surface area contributed by atoms with Crippen LogP contribution in [0, 0.1) is 0 Å². The van der Waals surface area contributed by atoms with Crippen LogP contribution in [0.5, 0.6) is 0 Å². The number of rotatable bonds is 4. The van der Waals surface area contributed by atoms with Gasteiger partial charge in [-0.15, -0.1) is 0 Å². The molecule has 1 heterocycles. The van der Waals surface area contributed by atoms with E-state index in [0.29, 0.717) is 13.2 Å². The molecule has 0 N–H and O–H groups in total. The van der Waals surface area contributed by atoms with Crippen molar-refractivity contribution < 1.29 is 14.3 Å². The Bertz CT molecular complexity index is 470. The van der Waals surface area contributed by atoms with Crippen LogP contribution in [0.25, 0.3) is 0 Å². The van der Waals surface area contributed by atoms with Gasteiger partial charge in [0, 0.05) is 19.5 Å². The highest BCUT2D eigenvalue weighted by Gasteiger charge is 2.20. The molecule has 4 heteroatoms. The Kier molecular flexibility index (Phi) is 4.55. The second-order valence-electron chi connectivity index (χ2n) is 4.64. The summed E-state index contributed by atoms with van der Waals surface area (Å²) < 4.78 is 4.83. The van der Waals surface area contributed by atoms with Crippen LogP contribution in [-0.4, -0.2) is 29.9 Å². The maximum Gasteiger partial charge on any atom is 0.306 e. The number of hydrogen-bond donors (Lipinski definition) is 0. The second kappa shape index (κ2) is 6.36. The number of fused-ring (bicyclic) bond motifs is 1. The van der Waals surface area contributed by atoms with E-state index in [0.717, 1.165) is 13.0 Å². The van der Waals surface area contributed by atoms with Gasteiger partial charge in [-0.05, 0) is 24.5 Å². The molecule has 1 aliphatic rings. The van der Waals surface area contributed by atoms with Crippen LogP contribution in [0.3, 0.4) is 0 Å². The van der Waals surface area contributed by atoms with Crippen LogP contribution >= 0.6 is 0 Å². The van der Waals surface area contributed by atoms with E-state index in [9.17, 15) is 9.59 Å². The summed E-state index contributed by atoms with van der Waals surface area (Å²) in [5, 5.41) is 0. The summed E-state index contributed by atoms with van der Waals surface area (Å²) in [4.78, 5) is 25.1. The van der Waals surface area contributed by atoms with Crippen LogP contribution in [0.15, 0.2) is 24.3 Å². The van der Waals surface area contributed by atoms with Crippen molar-refractivity contribution in [2.24, 2.45) is 0 Å². The predicted molar refractivity (Wildman–Crippen MR) is 71.4 cm³/mol. The molecule has 0 spiro atoms. The standard InChI is InChI=1S/C15H19NO3/c1-2-19-15(18)8-7-14(17)16-10-9-12-5-3-4-6-13(12)11-16/h3-6H,2,7-11H2,1H3. The lowest BCUT2D eigenvalue weighted by molar-refractivity contribution is -0.145. The largest absolute Gasteiger partial charge is 0.466 e. The normalized spacial score (nSPS) is 13.8. The lowest BCUT2D eigenvalue weighted by Crippen LogP contribution is -2.36. The zero-order valence-corrected chi connectivity index (χ0v) is 11.2. The van der Waals surface area contributed by atoms with E-state index >= 15 is 0 Å². The highest BCUT2D eigenvalue weighted by molar-refractivity contribution is 5.81. The summed E-state index contributed by atoms with van der Waals surface area (Å²) in [5.74, 6) is -0.268. The van der Waals surface area contributed by atoms with Gasteiger partial charge in [0.05, 0.1) is 13.0 Å². The third-order valence-corrected chi connectivity index (χ3v) is 3.33. The van der Waals surface area contributed by atoms with Crippen LogP contribution in [0.1, 0.15) is 30.9 Å².